The Hall–Kier alpha value is -1.50. The zero-order valence-electron chi connectivity index (χ0n) is 24.2. The molecule has 41 heavy (non-hydrogen) atoms. The third kappa shape index (κ3) is 8.54. The van der Waals surface area contributed by atoms with Crippen molar-refractivity contribution in [2.24, 2.45) is 11.8 Å². The Balaban J connectivity index is 0.00000462. The first kappa shape index (κ1) is 34.0. The molecule has 0 bridgehead atoms. The number of nitrogens with one attached hydrogen (secondary N) is 1. The van der Waals surface area contributed by atoms with Crippen LogP contribution in [-0.2, 0) is 24.3 Å². The molecule has 0 radical (unpaired) electrons. The predicted molar refractivity (Wildman–Crippen MR) is 159 cm³/mol. The van der Waals surface area contributed by atoms with Crippen molar-refractivity contribution in [2.45, 2.75) is 64.1 Å². The average Bonchev–Trinajstić information content (AvgIpc) is 3.32. The second kappa shape index (κ2) is 14.3. The summed E-state index contributed by atoms with van der Waals surface area (Å²) >= 11 is 6.03. The lowest BCUT2D eigenvalue weighted by atomic mass is 9.87. The van der Waals surface area contributed by atoms with Gasteiger partial charge in [0.25, 0.3) is 0 Å². The van der Waals surface area contributed by atoms with Crippen LogP contribution in [0, 0.1) is 17.7 Å². The molecule has 13 heteroatoms. The van der Waals surface area contributed by atoms with E-state index in [1.54, 1.807) is 17.0 Å². The maximum absolute atomic E-state index is 15.1. The van der Waals surface area contributed by atoms with E-state index in [0.29, 0.717) is 62.9 Å². The fraction of sp³-hybridized carbons (Fsp3) is 0.714. The second-order valence-corrected chi connectivity index (χ2v) is 14.1. The average molecular weight is 638 g/mol. The molecule has 3 saturated heterocycles. The summed E-state index contributed by atoms with van der Waals surface area (Å²) in [4.78, 5) is 33.2. The van der Waals surface area contributed by atoms with Crippen molar-refractivity contribution < 1.29 is 27.1 Å². The molecule has 0 unspecified atom stereocenters. The molecular weight excluding hydrogens is 594 g/mol. The van der Waals surface area contributed by atoms with Gasteiger partial charge in [0.15, 0.2) is 0 Å². The van der Waals surface area contributed by atoms with Gasteiger partial charge in [0, 0.05) is 69.0 Å². The number of carbonyl (C=O) groups excluding carboxylic acids is 2. The number of hydrogen-bond acceptors (Lipinski definition) is 6. The van der Waals surface area contributed by atoms with E-state index in [0.717, 1.165) is 19.1 Å². The number of hydrogen-bond donors (Lipinski definition) is 1. The Labute approximate surface area is 254 Å². The van der Waals surface area contributed by atoms with Gasteiger partial charge in [-0.05, 0) is 49.8 Å². The lowest BCUT2D eigenvalue weighted by Gasteiger charge is -2.42. The zero-order chi connectivity index (χ0) is 29.2. The molecule has 3 aliphatic heterocycles. The van der Waals surface area contributed by atoms with Crippen LogP contribution in [0.2, 0.25) is 5.02 Å². The molecule has 3 heterocycles. The van der Waals surface area contributed by atoms with Gasteiger partial charge in [-0.2, -0.15) is 0 Å². The molecule has 1 N–H and O–H groups in total. The Bertz CT molecular complexity index is 1180. The van der Waals surface area contributed by atoms with Crippen molar-refractivity contribution in [1.29, 1.82) is 0 Å². The Morgan fingerprint density at radius 2 is 1.83 bits per heavy atom. The normalized spacial score (nSPS) is 25.3. The van der Waals surface area contributed by atoms with Crippen molar-refractivity contribution in [3.8, 4) is 0 Å². The molecule has 0 aromatic heterocycles. The molecule has 4 atom stereocenters. The quantitative estimate of drug-likeness (QED) is 0.471. The van der Waals surface area contributed by atoms with Crippen molar-refractivity contribution >= 4 is 45.8 Å². The molecule has 1 aromatic carbocycles. The number of halogens is 3. The SMILES string of the molecule is CC(C)C[C@H](NS(C)(=O)=O)C(=O)N1CCN(C(=O)[C@@H]2CN(C3CCOCC3)C[C@H]2c2ccc(Cl)cc2F)[C@@H](C)C1.Cl. The van der Waals surface area contributed by atoms with Crippen molar-refractivity contribution in [1.82, 2.24) is 19.4 Å². The first-order chi connectivity index (χ1) is 18.8. The van der Waals surface area contributed by atoms with Crippen LogP contribution >= 0.6 is 24.0 Å². The number of rotatable bonds is 8. The number of amides is 2. The van der Waals surface area contributed by atoms with Gasteiger partial charge in [0.2, 0.25) is 21.8 Å². The van der Waals surface area contributed by atoms with E-state index in [2.05, 4.69) is 9.62 Å². The summed E-state index contributed by atoms with van der Waals surface area (Å²) in [5.41, 5.74) is 0.502. The molecule has 0 spiro atoms. The molecule has 1 aromatic rings. The number of benzene rings is 1. The maximum atomic E-state index is 15.1. The standard InChI is InChI=1S/C28H42ClFN4O5S.ClH/c1-18(2)13-26(31-40(4,37)38)28(36)32-9-10-34(19(3)15-32)27(35)24-17-33(21-7-11-39-12-8-21)16-23(24)22-6-5-20(29)14-25(22)30;/h5-6,14,18-19,21,23-24,26,31H,7-13,15-17H2,1-4H3;1H/t19-,23-,24+,26-;/m0./s1. The van der Waals surface area contributed by atoms with Gasteiger partial charge in [-0.15, -0.1) is 12.4 Å². The maximum Gasteiger partial charge on any atom is 0.240 e. The Morgan fingerprint density at radius 3 is 2.41 bits per heavy atom. The molecule has 3 aliphatic rings. The summed E-state index contributed by atoms with van der Waals surface area (Å²) in [5.74, 6) is -1.33. The number of piperazine rings is 1. The van der Waals surface area contributed by atoms with E-state index in [-0.39, 0.29) is 48.1 Å². The van der Waals surface area contributed by atoms with Crippen LogP contribution in [0.5, 0.6) is 0 Å². The van der Waals surface area contributed by atoms with Crippen LogP contribution < -0.4 is 4.72 Å². The first-order valence-corrected chi connectivity index (χ1v) is 16.4. The van der Waals surface area contributed by atoms with Gasteiger partial charge in [0.1, 0.15) is 11.9 Å². The second-order valence-electron chi connectivity index (χ2n) is 11.9. The van der Waals surface area contributed by atoms with E-state index < -0.39 is 27.8 Å². The third-order valence-corrected chi connectivity index (χ3v) is 9.27. The van der Waals surface area contributed by atoms with Crippen LogP contribution in [0.1, 0.15) is 51.5 Å². The highest BCUT2D eigenvalue weighted by atomic mass is 35.5. The lowest BCUT2D eigenvalue weighted by Crippen LogP contribution is -2.60. The highest BCUT2D eigenvalue weighted by Crippen LogP contribution is 2.38. The largest absolute Gasteiger partial charge is 0.381 e. The van der Waals surface area contributed by atoms with Crippen molar-refractivity contribution in [3.63, 3.8) is 0 Å². The minimum atomic E-state index is -3.57. The smallest absolute Gasteiger partial charge is 0.240 e. The van der Waals surface area contributed by atoms with Crippen LogP contribution in [0.4, 0.5) is 4.39 Å². The molecule has 2 amide bonds. The predicted octanol–water partition coefficient (Wildman–Crippen LogP) is 3.12. The van der Waals surface area contributed by atoms with Gasteiger partial charge >= 0.3 is 0 Å². The topological polar surface area (TPSA) is 99.3 Å². The number of carbonyl (C=O) groups is 2. The number of nitrogens with zero attached hydrogens (tertiary/aromatic N) is 3. The number of sulfonamides is 1. The summed E-state index contributed by atoms with van der Waals surface area (Å²) in [6.07, 6.45) is 3.20. The fourth-order valence-electron chi connectivity index (χ4n) is 6.40. The number of likely N-dealkylation sites (tertiary alicyclic amines) is 1. The van der Waals surface area contributed by atoms with E-state index in [1.165, 1.54) is 6.07 Å². The fourth-order valence-corrected chi connectivity index (χ4v) is 7.27. The molecule has 0 aliphatic carbocycles. The van der Waals surface area contributed by atoms with Crippen LogP contribution in [-0.4, -0.2) is 105 Å². The summed E-state index contributed by atoms with van der Waals surface area (Å²) in [7, 11) is -3.57. The van der Waals surface area contributed by atoms with Crippen molar-refractivity contribution in [3.05, 3.63) is 34.6 Å². The van der Waals surface area contributed by atoms with Crippen LogP contribution in [0.25, 0.3) is 0 Å². The summed E-state index contributed by atoms with van der Waals surface area (Å²) in [5, 5.41) is 0.318. The van der Waals surface area contributed by atoms with E-state index in [9.17, 15) is 18.0 Å². The van der Waals surface area contributed by atoms with Crippen LogP contribution in [0.15, 0.2) is 18.2 Å². The monoisotopic (exact) mass is 636 g/mol. The third-order valence-electron chi connectivity index (χ3n) is 8.32. The molecule has 0 saturated carbocycles. The highest BCUT2D eigenvalue weighted by Gasteiger charge is 2.45. The number of ether oxygens (including phenoxy) is 1. The molecule has 4 rings (SSSR count). The summed E-state index contributed by atoms with van der Waals surface area (Å²) in [6, 6.07) is 3.85. The molecule has 9 nitrogen and oxygen atoms in total. The van der Waals surface area contributed by atoms with Gasteiger partial charge in [0.05, 0.1) is 12.2 Å². The molecule has 232 valence electrons. The van der Waals surface area contributed by atoms with E-state index in [1.807, 2.05) is 25.7 Å². The first-order valence-electron chi connectivity index (χ1n) is 14.2. The van der Waals surface area contributed by atoms with E-state index >= 15 is 4.39 Å². The Morgan fingerprint density at radius 1 is 1.15 bits per heavy atom. The Kier molecular flexibility index (Phi) is 11.9. The van der Waals surface area contributed by atoms with Gasteiger partial charge in [-0.25, -0.2) is 17.5 Å². The van der Waals surface area contributed by atoms with Crippen molar-refractivity contribution in [2.75, 3.05) is 52.2 Å². The zero-order valence-corrected chi connectivity index (χ0v) is 26.6. The van der Waals surface area contributed by atoms with E-state index in [4.69, 9.17) is 16.3 Å². The highest BCUT2D eigenvalue weighted by molar-refractivity contribution is 7.88. The lowest BCUT2D eigenvalue weighted by molar-refractivity contribution is -0.146. The molecule has 3 fully saturated rings. The summed E-state index contributed by atoms with van der Waals surface area (Å²) < 4.78 is 47.0. The van der Waals surface area contributed by atoms with Crippen LogP contribution in [0.3, 0.4) is 0 Å². The minimum Gasteiger partial charge on any atom is -0.381 e. The van der Waals surface area contributed by atoms with Gasteiger partial charge < -0.3 is 14.5 Å². The summed E-state index contributed by atoms with van der Waals surface area (Å²) in [6.45, 7) is 9.22. The van der Waals surface area contributed by atoms with Gasteiger partial charge in [-0.3, -0.25) is 14.5 Å². The molecular formula is C28H43Cl2FN4O5S. The van der Waals surface area contributed by atoms with Gasteiger partial charge in [-0.1, -0.05) is 31.5 Å². The minimum absolute atomic E-state index is 0.